The van der Waals surface area contributed by atoms with Crippen LogP contribution in [0.15, 0.2) is 97.1 Å². The number of hydrogen-bond donors (Lipinski definition) is 8. The molecule has 6 aromatic rings. The smallest absolute Gasteiger partial charge is 0.302 e. The maximum atomic E-state index is 10.6. The van der Waals surface area contributed by atoms with Gasteiger partial charge in [-0.25, -0.2) is 9.97 Å². The first-order chi connectivity index (χ1) is 29.5. The van der Waals surface area contributed by atoms with Crippen LogP contribution in [0.3, 0.4) is 0 Å². The highest BCUT2D eigenvalue weighted by molar-refractivity contribution is 5.92. The number of fused-ring (bicyclic) bond motifs is 2. The number of carbonyl (C=O) groups is 6. The van der Waals surface area contributed by atoms with Crippen molar-refractivity contribution in [3.8, 4) is 0 Å². The van der Waals surface area contributed by atoms with E-state index < -0.39 is 5.97 Å². The number of nitrogens with one attached hydrogen (secondary N) is 4. The number of methoxy groups -OCH3 is 3. The van der Waals surface area contributed by atoms with Crippen LogP contribution in [0.1, 0.15) is 97.8 Å². The van der Waals surface area contributed by atoms with Crippen LogP contribution in [-0.2, 0) is 43.0 Å². The minimum Gasteiger partial charge on any atom is -0.481 e. The normalized spacial score (nSPS) is 7.88. The first kappa shape index (κ1) is 81.2. The summed E-state index contributed by atoms with van der Waals surface area (Å²) in [5.74, 6) is 0.273. The van der Waals surface area contributed by atoms with Gasteiger partial charge in [0.05, 0.1) is 66.1 Å². The summed E-state index contributed by atoms with van der Waals surface area (Å²) in [5, 5.41) is 12.4. The zero-order chi connectivity index (χ0) is 48.9. The number of amides is 2. The Labute approximate surface area is 412 Å². The van der Waals surface area contributed by atoms with Crippen molar-refractivity contribution in [2.75, 3.05) is 50.9 Å². The Morgan fingerprint density at radius 3 is 0.957 bits per heavy atom. The molecule has 0 fully saturated rings. The van der Waals surface area contributed by atoms with E-state index in [0.29, 0.717) is 22.7 Å². The fourth-order valence-electron chi connectivity index (χ4n) is 3.47. The Balaban J connectivity index is -0.0000000848. The number of para-hydroxylation sites is 8. The zero-order valence-corrected chi connectivity index (χ0v) is 38.0. The molecule has 2 amide bonds. The van der Waals surface area contributed by atoms with Gasteiger partial charge in [-0.1, -0.05) is 93.1 Å². The molecule has 0 spiro atoms. The van der Waals surface area contributed by atoms with Crippen LogP contribution in [0.25, 0.3) is 22.1 Å². The number of carboxylic acids is 1. The van der Waals surface area contributed by atoms with Crippen molar-refractivity contribution < 1.29 is 48.1 Å². The van der Waals surface area contributed by atoms with Crippen LogP contribution in [0.5, 0.6) is 0 Å². The fraction of sp³-hybridized carbons (Fsp3) is 0.360. The number of anilines is 4. The molecule has 6 rings (SSSR count). The molecule has 0 saturated heterocycles. The van der Waals surface area contributed by atoms with Crippen LogP contribution in [0.4, 0.5) is 22.7 Å². The van der Waals surface area contributed by atoms with Crippen LogP contribution in [-0.4, -0.2) is 89.1 Å². The number of carboxylic acid groups (broad SMARTS) is 1. The molecular formula is C50H87N9O10. The number of imidazole rings is 2. The summed E-state index contributed by atoms with van der Waals surface area (Å²) < 4.78 is 12.3. The van der Waals surface area contributed by atoms with Crippen LogP contribution in [0.2, 0.25) is 0 Å². The quantitative estimate of drug-likeness (QED) is 0.0432. The summed E-state index contributed by atoms with van der Waals surface area (Å²) in [6.45, 7) is 12.0. The van der Waals surface area contributed by atoms with E-state index in [2.05, 4.69) is 44.8 Å². The minimum absolute atomic E-state index is 0. The Bertz CT molecular complexity index is 2020. The summed E-state index contributed by atoms with van der Waals surface area (Å²) in [6, 6.07) is 30.4. The summed E-state index contributed by atoms with van der Waals surface area (Å²) in [5.41, 5.74) is 23.2. The maximum Gasteiger partial charge on any atom is 0.302 e. The molecule has 0 aliphatic rings. The average molecular weight is 974 g/mol. The summed E-state index contributed by atoms with van der Waals surface area (Å²) in [4.78, 5) is 72.9. The van der Waals surface area contributed by atoms with Crippen LogP contribution < -0.4 is 27.8 Å². The van der Waals surface area contributed by atoms with E-state index in [0.717, 1.165) is 40.6 Å². The van der Waals surface area contributed by atoms with E-state index in [9.17, 15) is 24.0 Å². The Kier molecular flexibility index (Phi) is 58.3. The third kappa shape index (κ3) is 49.3. The second-order valence-corrected chi connectivity index (χ2v) is 12.0. The topological polar surface area (TPSA) is 310 Å². The molecule has 0 saturated carbocycles. The molecule has 0 unspecified atom stereocenters. The van der Waals surface area contributed by atoms with Gasteiger partial charge in [0.25, 0.3) is 5.97 Å². The lowest BCUT2D eigenvalue weighted by Gasteiger charge is -2.03. The number of nitrogens with zero attached hydrogens (tertiary/aromatic N) is 2. The van der Waals surface area contributed by atoms with Gasteiger partial charge in [0, 0.05) is 48.6 Å². The van der Waals surface area contributed by atoms with Crippen molar-refractivity contribution in [3.05, 3.63) is 109 Å². The molecule has 4 aromatic carbocycles. The number of ether oxygens (including phenoxy) is 3. The van der Waals surface area contributed by atoms with Crippen molar-refractivity contribution >= 4 is 80.5 Å². The van der Waals surface area contributed by atoms with E-state index >= 15 is 0 Å². The molecule has 0 aliphatic carbocycles. The first-order valence-corrected chi connectivity index (χ1v) is 18.6. The molecule has 392 valence electrons. The first-order valence-electron chi connectivity index (χ1n) is 18.6. The number of nitrogens with two attached hydrogens (primary N) is 3. The number of aliphatic carboxylic acids is 1. The number of aromatic amines is 2. The lowest BCUT2D eigenvalue weighted by atomic mass is 10.3. The number of rotatable bonds is 1. The fourth-order valence-corrected chi connectivity index (χ4v) is 3.47. The van der Waals surface area contributed by atoms with Crippen molar-refractivity contribution in [1.82, 2.24) is 25.3 Å². The average Bonchev–Trinajstić information content (AvgIpc) is 3.81. The molecule has 0 aliphatic heterocycles. The number of hydrogen-bond acceptors (Lipinski definition) is 14. The summed E-state index contributed by atoms with van der Waals surface area (Å²) in [7, 11) is 5.65. The third-order valence-electron chi connectivity index (χ3n) is 6.50. The van der Waals surface area contributed by atoms with Gasteiger partial charge in [-0.05, 0) is 62.4 Å². The Morgan fingerprint density at radius 2 is 0.739 bits per heavy atom. The highest BCUT2D eigenvalue weighted by Gasteiger charge is 1.97. The second kappa shape index (κ2) is 49.5. The number of aromatic nitrogens is 4. The van der Waals surface area contributed by atoms with Crippen LogP contribution in [0, 0.1) is 13.8 Å². The maximum absolute atomic E-state index is 10.6. The molecule has 0 bridgehead atoms. The van der Waals surface area contributed by atoms with Gasteiger partial charge >= 0.3 is 17.9 Å². The lowest BCUT2D eigenvalue weighted by Crippen LogP contribution is -2.11. The van der Waals surface area contributed by atoms with Crippen molar-refractivity contribution in [2.24, 2.45) is 0 Å². The van der Waals surface area contributed by atoms with Gasteiger partial charge in [0.2, 0.25) is 11.8 Å². The largest absolute Gasteiger partial charge is 0.481 e. The lowest BCUT2D eigenvalue weighted by molar-refractivity contribution is -0.138. The number of benzene rings is 4. The Hall–Kier alpha value is -7.96. The summed E-state index contributed by atoms with van der Waals surface area (Å²) >= 11 is 0. The van der Waals surface area contributed by atoms with E-state index in [1.54, 1.807) is 31.3 Å². The van der Waals surface area contributed by atoms with Crippen molar-refractivity contribution in [1.29, 1.82) is 0 Å². The van der Waals surface area contributed by atoms with E-state index in [-0.39, 0.29) is 74.3 Å². The molecule has 11 N–H and O–H groups in total. The highest BCUT2D eigenvalue weighted by atomic mass is 16.5. The van der Waals surface area contributed by atoms with E-state index in [1.807, 2.05) is 86.6 Å². The number of nitrogen functional groups attached to an aromatic ring is 3. The monoisotopic (exact) mass is 974 g/mol. The van der Waals surface area contributed by atoms with Gasteiger partial charge in [0.1, 0.15) is 11.6 Å². The summed E-state index contributed by atoms with van der Waals surface area (Å²) in [6.07, 6.45) is 0. The molecule has 69 heavy (non-hydrogen) atoms. The van der Waals surface area contributed by atoms with Crippen molar-refractivity contribution in [3.63, 3.8) is 0 Å². The molecule has 0 radical (unpaired) electrons. The van der Waals surface area contributed by atoms with E-state index in [4.69, 9.17) is 27.1 Å². The molecule has 19 heteroatoms. The number of carbonyl (C=O) groups excluding carboxylic acids is 5. The predicted octanol–water partition coefficient (Wildman–Crippen LogP) is 10.0. The van der Waals surface area contributed by atoms with Crippen LogP contribution >= 0.6 is 0 Å². The molecule has 0 atom stereocenters. The number of esters is 3. The van der Waals surface area contributed by atoms with Gasteiger partial charge in [-0.3, -0.25) is 28.8 Å². The zero-order valence-electron chi connectivity index (χ0n) is 38.0. The molecular weight excluding hydrogens is 887 g/mol. The SMILES string of the molecule is C.C.C.C.C.C.CC(=O)Nc1ccccc1N.CC(=O)O.CNC(C)=O.COC(C)=O.COC(C)=O.COC(C)=O.Cc1nc2ccccc2[nH]1.Cc1nc2ccccc2[nH]1.Nc1ccccc1N. The predicted molar refractivity (Wildman–Crippen MR) is 289 cm³/mol. The van der Waals surface area contributed by atoms with Gasteiger partial charge in [-0.15, -0.1) is 0 Å². The minimum atomic E-state index is -0.833. The highest BCUT2D eigenvalue weighted by Crippen LogP contribution is 2.16. The standard InChI is InChI=1S/C8H10N2O.2C8H8N2.C6H8N2.C3H7NO.3C3H6O2.C2H4O2.6CH4/c1-6(11)10-8-5-3-2-4-7(8)9;2*1-6-9-7-4-2-3-5-8(7)10-6;7-5-3-1-2-4-6(5)8;1-3(5)4-2;3*1-3(4)5-2;1-2(3)4;;;;;;/h2-5H,9H2,1H3,(H,10,11);2*2-5H,1H3,(H,9,10);1-4H,7-8H2;1-2H3,(H,4,5);3*1-2H3;1H3,(H,3,4);6*1H4. The van der Waals surface area contributed by atoms with Gasteiger partial charge < -0.3 is 57.1 Å². The molecule has 2 aromatic heterocycles. The Morgan fingerprint density at radius 1 is 0.493 bits per heavy atom. The molecule has 19 nitrogen and oxygen atoms in total. The number of H-pyrrole nitrogens is 2. The van der Waals surface area contributed by atoms with Gasteiger partial charge in [0.15, 0.2) is 0 Å². The second-order valence-electron chi connectivity index (χ2n) is 12.0. The molecule has 2 heterocycles. The third-order valence-corrected chi connectivity index (χ3v) is 6.50. The van der Waals surface area contributed by atoms with E-state index in [1.165, 1.54) is 55.9 Å². The number of aryl methyl sites for hydroxylation is 2. The van der Waals surface area contributed by atoms with Crippen molar-refractivity contribution in [2.45, 2.75) is 99.9 Å². The van der Waals surface area contributed by atoms with Gasteiger partial charge in [-0.2, -0.15) is 0 Å².